The third-order valence-electron chi connectivity index (χ3n) is 4.18. The molecule has 0 saturated carbocycles. The molecular weight excluding hydrogens is 322 g/mol. The fourth-order valence-corrected chi connectivity index (χ4v) is 2.74. The standard InChI is InChI=1S/C18H20ClN5/c1-4-18(3,20-15-10-8-14(19)9-11-15)17-21-22-23-24(17)16-7-5-6-13(2)12-16/h5-12,20H,4H2,1-3H3. The van der Waals surface area contributed by atoms with Gasteiger partial charge in [-0.2, -0.15) is 4.68 Å². The minimum Gasteiger partial charge on any atom is -0.373 e. The zero-order valence-electron chi connectivity index (χ0n) is 14.0. The van der Waals surface area contributed by atoms with Crippen LogP contribution in [0.4, 0.5) is 5.69 Å². The Kier molecular flexibility index (Phi) is 4.53. The Morgan fingerprint density at radius 3 is 2.58 bits per heavy atom. The van der Waals surface area contributed by atoms with E-state index in [1.165, 1.54) is 0 Å². The Labute approximate surface area is 146 Å². The maximum absolute atomic E-state index is 5.97. The SMILES string of the molecule is CCC(C)(Nc1ccc(Cl)cc1)c1nnnn1-c1cccc(C)c1. The van der Waals surface area contributed by atoms with Crippen LogP contribution in [-0.2, 0) is 5.54 Å². The minimum absolute atomic E-state index is 0.416. The minimum atomic E-state index is -0.416. The predicted molar refractivity (Wildman–Crippen MR) is 96.6 cm³/mol. The van der Waals surface area contributed by atoms with Gasteiger partial charge < -0.3 is 5.32 Å². The van der Waals surface area contributed by atoms with Crippen molar-refractivity contribution in [3.63, 3.8) is 0 Å². The van der Waals surface area contributed by atoms with E-state index in [-0.39, 0.29) is 0 Å². The lowest BCUT2D eigenvalue weighted by molar-refractivity contribution is 0.474. The van der Waals surface area contributed by atoms with E-state index in [2.05, 4.69) is 53.7 Å². The van der Waals surface area contributed by atoms with Crippen LogP contribution < -0.4 is 5.32 Å². The van der Waals surface area contributed by atoms with E-state index in [0.29, 0.717) is 5.02 Å². The van der Waals surface area contributed by atoms with Crippen molar-refractivity contribution in [2.45, 2.75) is 32.7 Å². The van der Waals surface area contributed by atoms with Crippen molar-refractivity contribution < 1.29 is 0 Å². The molecule has 0 bridgehead atoms. The van der Waals surface area contributed by atoms with Crippen LogP contribution >= 0.6 is 11.6 Å². The lowest BCUT2D eigenvalue weighted by atomic mass is 9.97. The van der Waals surface area contributed by atoms with E-state index in [4.69, 9.17) is 11.6 Å². The fraction of sp³-hybridized carbons (Fsp3) is 0.278. The van der Waals surface area contributed by atoms with Gasteiger partial charge in [-0.3, -0.25) is 0 Å². The summed E-state index contributed by atoms with van der Waals surface area (Å²) in [5, 5.41) is 16.6. The molecule has 2 aromatic carbocycles. The van der Waals surface area contributed by atoms with Gasteiger partial charge in [-0.05, 0) is 72.7 Å². The second-order valence-corrected chi connectivity index (χ2v) is 6.51. The molecule has 0 aliphatic rings. The van der Waals surface area contributed by atoms with Crippen molar-refractivity contribution in [3.8, 4) is 5.69 Å². The first-order valence-electron chi connectivity index (χ1n) is 7.91. The average molecular weight is 342 g/mol. The van der Waals surface area contributed by atoms with Gasteiger partial charge in [0.1, 0.15) is 0 Å². The molecule has 6 heteroatoms. The number of nitrogens with zero attached hydrogens (tertiary/aromatic N) is 4. The highest BCUT2D eigenvalue weighted by atomic mass is 35.5. The predicted octanol–water partition coefficient (Wildman–Crippen LogP) is 4.36. The van der Waals surface area contributed by atoms with Crippen molar-refractivity contribution in [2.75, 3.05) is 5.32 Å². The lowest BCUT2D eigenvalue weighted by Gasteiger charge is -2.29. The molecule has 0 amide bonds. The highest BCUT2D eigenvalue weighted by Crippen LogP contribution is 2.29. The van der Waals surface area contributed by atoms with Gasteiger partial charge in [0, 0.05) is 10.7 Å². The van der Waals surface area contributed by atoms with Crippen molar-refractivity contribution >= 4 is 17.3 Å². The topological polar surface area (TPSA) is 55.6 Å². The Morgan fingerprint density at radius 1 is 1.17 bits per heavy atom. The summed E-state index contributed by atoms with van der Waals surface area (Å²) in [5.41, 5.74) is 2.68. The number of halogens is 1. The summed E-state index contributed by atoms with van der Waals surface area (Å²) in [6.45, 7) is 6.26. The monoisotopic (exact) mass is 341 g/mol. The first-order valence-corrected chi connectivity index (χ1v) is 8.29. The first-order chi connectivity index (χ1) is 11.5. The molecule has 0 aliphatic heterocycles. The summed E-state index contributed by atoms with van der Waals surface area (Å²) in [7, 11) is 0. The molecule has 1 N–H and O–H groups in total. The average Bonchev–Trinajstić information content (AvgIpc) is 3.07. The van der Waals surface area contributed by atoms with Crippen LogP contribution in [0.2, 0.25) is 5.02 Å². The fourth-order valence-electron chi connectivity index (χ4n) is 2.62. The van der Waals surface area contributed by atoms with Crippen LogP contribution in [0.5, 0.6) is 0 Å². The summed E-state index contributed by atoms with van der Waals surface area (Å²) in [6, 6.07) is 15.8. The molecule has 0 fully saturated rings. The number of aryl methyl sites for hydroxylation is 1. The highest BCUT2D eigenvalue weighted by molar-refractivity contribution is 6.30. The third kappa shape index (κ3) is 3.26. The van der Waals surface area contributed by atoms with Crippen LogP contribution in [-0.4, -0.2) is 20.2 Å². The maximum Gasteiger partial charge on any atom is 0.181 e. The molecule has 0 spiro atoms. The number of anilines is 1. The molecule has 5 nitrogen and oxygen atoms in total. The largest absolute Gasteiger partial charge is 0.373 e. The molecule has 0 aliphatic carbocycles. The van der Waals surface area contributed by atoms with E-state index in [1.54, 1.807) is 4.68 Å². The number of rotatable bonds is 5. The number of aromatic nitrogens is 4. The maximum atomic E-state index is 5.97. The summed E-state index contributed by atoms with van der Waals surface area (Å²) < 4.78 is 1.79. The van der Waals surface area contributed by atoms with Crippen molar-refractivity contribution in [1.82, 2.24) is 20.2 Å². The molecule has 0 radical (unpaired) electrons. The number of hydrogen-bond donors (Lipinski definition) is 1. The van der Waals surface area contributed by atoms with Gasteiger partial charge in [-0.1, -0.05) is 30.7 Å². The second kappa shape index (κ2) is 6.61. The number of nitrogens with one attached hydrogen (secondary N) is 1. The normalized spacial score (nSPS) is 13.5. The number of tetrazole rings is 1. The molecule has 124 valence electrons. The quantitative estimate of drug-likeness (QED) is 0.749. The molecule has 1 aromatic heterocycles. The van der Waals surface area contributed by atoms with Crippen LogP contribution in [0, 0.1) is 6.92 Å². The molecule has 3 aromatic rings. The van der Waals surface area contributed by atoms with E-state index in [0.717, 1.165) is 29.2 Å². The zero-order valence-corrected chi connectivity index (χ0v) is 14.7. The van der Waals surface area contributed by atoms with E-state index in [1.807, 2.05) is 36.4 Å². The molecule has 1 atom stereocenters. The Balaban J connectivity index is 1.99. The summed E-state index contributed by atoms with van der Waals surface area (Å²) >= 11 is 5.97. The molecule has 1 heterocycles. The second-order valence-electron chi connectivity index (χ2n) is 6.07. The molecule has 0 saturated heterocycles. The van der Waals surface area contributed by atoms with Crippen molar-refractivity contribution in [2.24, 2.45) is 0 Å². The first kappa shape index (κ1) is 16.5. The lowest BCUT2D eigenvalue weighted by Crippen LogP contribution is -2.34. The number of benzene rings is 2. The van der Waals surface area contributed by atoms with Gasteiger partial charge >= 0.3 is 0 Å². The van der Waals surface area contributed by atoms with Crippen LogP contribution in [0.25, 0.3) is 5.69 Å². The summed E-state index contributed by atoms with van der Waals surface area (Å²) in [6.07, 6.45) is 0.821. The Morgan fingerprint density at radius 2 is 1.92 bits per heavy atom. The zero-order chi connectivity index (χ0) is 17.2. The highest BCUT2D eigenvalue weighted by Gasteiger charge is 2.31. The number of hydrogen-bond acceptors (Lipinski definition) is 4. The van der Waals surface area contributed by atoms with Gasteiger partial charge in [0.15, 0.2) is 5.82 Å². The molecule has 24 heavy (non-hydrogen) atoms. The van der Waals surface area contributed by atoms with Crippen molar-refractivity contribution in [3.05, 3.63) is 64.9 Å². The van der Waals surface area contributed by atoms with Crippen LogP contribution in [0.3, 0.4) is 0 Å². The van der Waals surface area contributed by atoms with Gasteiger partial charge in [-0.25, -0.2) is 0 Å². The van der Waals surface area contributed by atoms with E-state index in [9.17, 15) is 0 Å². The van der Waals surface area contributed by atoms with E-state index < -0.39 is 5.54 Å². The summed E-state index contributed by atoms with van der Waals surface area (Å²) in [4.78, 5) is 0. The van der Waals surface area contributed by atoms with Gasteiger partial charge in [0.05, 0.1) is 11.2 Å². The third-order valence-corrected chi connectivity index (χ3v) is 4.43. The van der Waals surface area contributed by atoms with Gasteiger partial charge in [0.2, 0.25) is 0 Å². The van der Waals surface area contributed by atoms with Gasteiger partial charge in [0.25, 0.3) is 0 Å². The van der Waals surface area contributed by atoms with E-state index >= 15 is 0 Å². The molecule has 1 unspecified atom stereocenters. The van der Waals surface area contributed by atoms with Gasteiger partial charge in [-0.15, -0.1) is 5.10 Å². The Hall–Kier alpha value is -2.40. The van der Waals surface area contributed by atoms with Crippen LogP contribution in [0.15, 0.2) is 48.5 Å². The molecular formula is C18H20ClN5. The van der Waals surface area contributed by atoms with Crippen LogP contribution in [0.1, 0.15) is 31.7 Å². The van der Waals surface area contributed by atoms with Crippen molar-refractivity contribution in [1.29, 1.82) is 0 Å². The molecule has 3 rings (SSSR count). The Bertz CT molecular complexity index is 827. The smallest absolute Gasteiger partial charge is 0.181 e. The summed E-state index contributed by atoms with van der Waals surface area (Å²) in [5.74, 6) is 0.769.